The lowest BCUT2D eigenvalue weighted by Crippen LogP contribution is -2.51. The first-order chi connectivity index (χ1) is 11.6. The Balaban J connectivity index is 1.68. The minimum absolute atomic E-state index is 0.00321. The van der Waals surface area contributed by atoms with Gasteiger partial charge in [-0.05, 0) is 49.8 Å². The molecule has 0 aliphatic carbocycles. The Hall–Kier alpha value is -1.46. The van der Waals surface area contributed by atoms with Crippen molar-refractivity contribution in [1.82, 2.24) is 4.90 Å². The zero-order valence-corrected chi connectivity index (χ0v) is 14.9. The Morgan fingerprint density at radius 2 is 2.04 bits per heavy atom. The van der Waals surface area contributed by atoms with Gasteiger partial charge >= 0.3 is 6.03 Å². The average molecular weight is 352 g/mol. The van der Waals surface area contributed by atoms with Crippen LogP contribution in [0.15, 0.2) is 18.2 Å². The Kier molecular flexibility index (Phi) is 5.51. The number of aliphatic hydroxyl groups is 1. The number of carbonyl (C=O) groups is 1. The molecule has 24 heavy (non-hydrogen) atoms. The van der Waals surface area contributed by atoms with Gasteiger partial charge in [-0.2, -0.15) is 0 Å². The molecule has 132 valence electrons. The van der Waals surface area contributed by atoms with Gasteiger partial charge in [0.05, 0.1) is 23.4 Å². The number of aliphatic hydroxyl groups excluding tert-OH is 1. The molecule has 2 N–H and O–H groups in total. The molecule has 2 atom stereocenters. The number of halogens is 1. The van der Waals surface area contributed by atoms with Gasteiger partial charge in [-0.3, -0.25) is 0 Å². The summed E-state index contributed by atoms with van der Waals surface area (Å²) in [5.74, 6) is 0.315. The summed E-state index contributed by atoms with van der Waals surface area (Å²) in [4.78, 5) is 16.6. The predicted octanol–water partition coefficient (Wildman–Crippen LogP) is 3.56. The quantitative estimate of drug-likeness (QED) is 0.875. The van der Waals surface area contributed by atoms with Gasteiger partial charge in [0.2, 0.25) is 0 Å². The Bertz CT molecular complexity index is 590. The number of amides is 2. The van der Waals surface area contributed by atoms with Crippen LogP contribution in [-0.4, -0.2) is 48.3 Å². The van der Waals surface area contributed by atoms with Crippen molar-refractivity contribution in [3.05, 3.63) is 23.2 Å². The zero-order chi connectivity index (χ0) is 17.1. The van der Waals surface area contributed by atoms with Crippen LogP contribution in [0.5, 0.6) is 0 Å². The number of nitrogens with one attached hydrogen (secondary N) is 1. The number of piperidine rings is 1. The van der Waals surface area contributed by atoms with Crippen molar-refractivity contribution in [2.75, 3.05) is 36.5 Å². The van der Waals surface area contributed by atoms with Gasteiger partial charge in [-0.15, -0.1) is 0 Å². The minimum atomic E-state index is -0.161. The van der Waals surface area contributed by atoms with Gasteiger partial charge in [0, 0.05) is 25.3 Å². The van der Waals surface area contributed by atoms with Crippen LogP contribution in [0.3, 0.4) is 0 Å². The molecule has 2 aliphatic rings. The van der Waals surface area contributed by atoms with E-state index in [4.69, 9.17) is 11.6 Å². The molecule has 1 aromatic rings. The largest absolute Gasteiger partial charge is 0.394 e. The van der Waals surface area contributed by atoms with E-state index in [-0.39, 0.29) is 18.7 Å². The van der Waals surface area contributed by atoms with E-state index in [1.165, 1.54) is 12.8 Å². The van der Waals surface area contributed by atoms with E-state index in [9.17, 15) is 9.90 Å². The second-order valence-corrected chi connectivity index (χ2v) is 7.26. The van der Waals surface area contributed by atoms with Gasteiger partial charge in [-0.1, -0.05) is 18.5 Å². The molecule has 3 rings (SSSR count). The lowest BCUT2D eigenvalue weighted by molar-refractivity contribution is 0.0811. The van der Waals surface area contributed by atoms with Crippen molar-refractivity contribution in [3.63, 3.8) is 0 Å². The Morgan fingerprint density at radius 1 is 1.29 bits per heavy atom. The van der Waals surface area contributed by atoms with Crippen molar-refractivity contribution in [2.24, 2.45) is 5.92 Å². The average Bonchev–Trinajstić information content (AvgIpc) is 3.09. The SMILES string of the molecule is C[C@H]1CCCN(C(=O)Nc2ccc(N3CCCC3)c(Cl)c2)[C@@H]1CO. The fraction of sp³-hybridized carbons (Fsp3) is 0.611. The molecule has 2 heterocycles. The molecule has 0 spiro atoms. The molecular formula is C18H26ClN3O2. The number of carbonyl (C=O) groups excluding carboxylic acids is 1. The van der Waals surface area contributed by atoms with E-state index in [0.29, 0.717) is 23.2 Å². The Labute approximate surface area is 148 Å². The van der Waals surface area contributed by atoms with E-state index in [0.717, 1.165) is 31.6 Å². The van der Waals surface area contributed by atoms with Crippen molar-refractivity contribution in [3.8, 4) is 0 Å². The molecule has 5 nitrogen and oxygen atoms in total. The molecule has 2 saturated heterocycles. The number of likely N-dealkylation sites (tertiary alicyclic amines) is 1. The van der Waals surface area contributed by atoms with E-state index in [1.54, 1.807) is 4.90 Å². The summed E-state index contributed by atoms with van der Waals surface area (Å²) < 4.78 is 0. The third-order valence-corrected chi connectivity index (χ3v) is 5.51. The van der Waals surface area contributed by atoms with Crippen molar-refractivity contribution in [2.45, 2.75) is 38.6 Å². The highest BCUT2D eigenvalue weighted by atomic mass is 35.5. The summed E-state index contributed by atoms with van der Waals surface area (Å²) >= 11 is 6.41. The molecule has 2 amide bonds. The first-order valence-corrected chi connectivity index (χ1v) is 9.21. The summed E-state index contributed by atoms with van der Waals surface area (Å²) in [7, 11) is 0. The second kappa shape index (κ2) is 7.62. The fourth-order valence-corrected chi connectivity index (χ4v) is 4.07. The molecule has 2 fully saturated rings. The van der Waals surface area contributed by atoms with E-state index >= 15 is 0 Å². The second-order valence-electron chi connectivity index (χ2n) is 6.85. The van der Waals surface area contributed by atoms with E-state index < -0.39 is 0 Å². The topological polar surface area (TPSA) is 55.8 Å². The van der Waals surface area contributed by atoms with Crippen LogP contribution in [0.1, 0.15) is 32.6 Å². The molecule has 0 saturated carbocycles. The maximum atomic E-state index is 12.6. The summed E-state index contributed by atoms with van der Waals surface area (Å²) in [6.07, 6.45) is 4.42. The molecule has 6 heteroatoms. The van der Waals surface area contributed by atoms with Gasteiger partial charge in [0.15, 0.2) is 0 Å². The van der Waals surface area contributed by atoms with Crippen LogP contribution >= 0.6 is 11.6 Å². The number of anilines is 2. The summed E-state index contributed by atoms with van der Waals surface area (Å²) in [6.45, 7) is 4.84. The van der Waals surface area contributed by atoms with Crippen molar-refractivity contribution < 1.29 is 9.90 Å². The zero-order valence-electron chi connectivity index (χ0n) is 14.2. The smallest absolute Gasteiger partial charge is 0.322 e. The molecule has 0 radical (unpaired) electrons. The lowest BCUT2D eigenvalue weighted by Gasteiger charge is -2.38. The molecular weight excluding hydrogens is 326 g/mol. The normalized spacial score (nSPS) is 24.3. The molecule has 0 bridgehead atoms. The highest BCUT2D eigenvalue weighted by Gasteiger charge is 2.31. The standard InChI is InChI=1S/C18H26ClN3O2/c1-13-5-4-10-22(17(13)12-23)18(24)20-14-6-7-16(15(19)11-14)21-8-2-3-9-21/h6-7,11,13,17,23H,2-5,8-10,12H2,1H3,(H,20,24)/t13-,17+/m0/s1. The van der Waals surface area contributed by atoms with Gasteiger partial charge in [0.1, 0.15) is 0 Å². The maximum Gasteiger partial charge on any atom is 0.322 e. The van der Waals surface area contributed by atoms with E-state index in [2.05, 4.69) is 17.1 Å². The highest BCUT2D eigenvalue weighted by molar-refractivity contribution is 6.33. The molecule has 0 aromatic heterocycles. The van der Waals surface area contributed by atoms with Crippen LogP contribution in [0.4, 0.5) is 16.2 Å². The third-order valence-electron chi connectivity index (χ3n) is 5.21. The van der Waals surface area contributed by atoms with Crippen molar-refractivity contribution >= 4 is 29.0 Å². The number of hydrogen-bond donors (Lipinski definition) is 2. The van der Waals surface area contributed by atoms with Gasteiger partial charge in [0.25, 0.3) is 0 Å². The number of benzene rings is 1. The monoisotopic (exact) mass is 351 g/mol. The van der Waals surface area contributed by atoms with Gasteiger partial charge < -0.3 is 20.2 Å². The first kappa shape index (κ1) is 17.4. The fourth-order valence-electron chi connectivity index (χ4n) is 3.77. The van der Waals surface area contributed by atoms with Crippen LogP contribution in [-0.2, 0) is 0 Å². The lowest BCUT2D eigenvalue weighted by atomic mass is 9.91. The minimum Gasteiger partial charge on any atom is -0.394 e. The maximum absolute atomic E-state index is 12.6. The summed E-state index contributed by atoms with van der Waals surface area (Å²) in [6, 6.07) is 5.42. The number of hydrogen-bond acceptors (Lipinski definition) is 3. The van der Waals surface area contributed by atoms with Crippen LogP contribution in [0, 0.1) is 5.92 Å². The van der Waals surface area contributed by atoms with Crippen LogP contribution in [0.25, 0.3) is 0 Å². The number of rotatable bonds is 3. The van der Waals surface area contributed by atoms with Gasteiger partial charge in [-0.25, -0.2) is 4.79 Å². The molecule has 1 aromatic carbocycles. The Morgan fingerprint density at radius 3 is 2.71 bits per heavy atom. The first-order valence-electron chi connectivity index (χ1n) is 8.83. The van der Waals surface area contributed by atoms with Crippen LogP contribution in [0.2, 0.25) is 5.02 Å². The van der Waals surface area contributed by atoms with Crippen molar-refractivity contribution in [1.29, 1.82) is 0 Å². The molecule has 2 aliphatic heterocycles. The van der Waals surface area contributed by atoms with E-state index in [1.807, 2.05) is 18.2 Å². The highest BCUT2D eigenvalue weighted by Crippen LogP contribution is 2.31. The summed E-state index contributed by atoms with van der Waals surface area (Å²) in [5.41, 5.74) is 1.73. The number of nitrogens with zero attached hydrogens (tertiary/aromatic N) is 2. The third kappa shape index (κ3) is 3.62. The predicted molar refractivity (Wildman–Crippen MR) is 97.9 cm³/mol. The van der Waals surface area contributed by atoms with Crippen LogP contribution < -0.4 is 10.2 Å². The summed E-state index contributed by atoms with van der Waals surface area (Å²) in [5, 5.41) is 13.2. The molecule has 0 unspecified atom stereocenters. The number of urea groups is 1.